The van der Waals surface area contributed by atoms with E-state index in [2.05, 4.69) is 0 Å². The number of nitro groups is 1. The molecule has 0 amide bonds. The number of aromatic carboxylic acids is 1. The van der Waals surface area contributed by atoms with E-state index in [0.717, 1.165) is 18.9 Å². The highest BCUT2D eigenvalue weighted by Crippen LogP contribution is 2.32. The molecule has 0 aromatic heterocycles. The molecule has 0 spiro atoms. The quantitative estimate of drug-likeness (QED) is 0.662. The lowest BCUT2D eigenvalue weighted by molar-refractivity contribution is -0.386. The second-order valence-corrected chi connectivity index (χ2v) is 5.59. The smallest absolute Gasteiger partial charge is 0.335 e. The molecule has 1 N–H and O–H groups in total. The molecule has 1 unspecified atom stereocenters. The average Bonchev–Trinajstić information content (AvgIpc) is 2.75. The lowest BCUT2D eigenvalue weighted by atomic mass is 10.1. The monoisotopic (exact) mass is 295 g/mol. The fraction of sp³-hybridized carbons (Fsp3) is 0.500. The SMILES string of the molecule is CC1(C)CCC(COc2ccc(C(=O)O)cc2[N+](=O)[O-])O1. The molecule has 7 heteroatoms. The maximum atomic E-state index is 11.0. The number of carboxylic acid groups (broad SMARTS) is 1. The van der Waals surface area contributed by atoms with Gasteiger partial charge in [-0.25, -0.2) is 4.79 Å². The molecule has 0 radical (unpaired) electrons. The highest BCUT2D eigenvalue weighted by atomic mass is 16.6. The van der Waals surface area contributed by atoms with Crippen molar-refractivity contribution in [1.82, 2.24) is 0 Å². The van der Waals surface area contributed by atoms with E-state index in [1.807, 2.05) is 13.8 Å². The van der Waals surface area contributed by atoms with Gasteiger partial charge in [-0.05, 0) is 38.8 Å². The lowest BCUT2D eigenvalue weighted by Gasteiger charge is -2.19. The van der Waals surface area contributed by atoms with Crippen molar-refractivity contribution < 1.29 is 24.3 Å². The number of rotatable bonds is 5. The van der Waals surface area contributed by atoms with Gasteiger partial charge in [0.1, 0.15) is 6.61 Å². The van der Waals surface area contributed by atoms with Crippen LogP contribution >= 0.6 is 0 Å². The maximum absolute atomic E-state index is 11.0. The third-order valence-corrected chi connectivity index (χ3v) is 3.38. The number of nitrogens with zero attached hydrogens (tertiary/aromatic N) is 1. The lowest BCUT2D eigenvalue weighted by Crippen LogP contribution is -2.24. The number of hydrogen-bond donors (Lipinski definition) is 1. The molecular formula is C14H17NO6. The molecule has 7 nitrogen and oxygen atoms in total. The van der Waals surface area contributed by atoms with Crippen molar-refractivity contribution in [3.05, 3.63) is 33.9 Å². The standard InChI is InChI=1S/C14H17NO6/c1-14(2)6-5-10(21-14)8-20-12-4-3-9(13(16)17)7-11(12)15(18)19/h3-4,7,10H,5-6,8H2,1-2H3,(H,16,17). The summed E-state index contributed by atoms with van der Waals surface area (Å²) in [6.07, 6.45) is 1.62. The Labute approximate surface area is 121 Å². The van der Waals surface area contributed by atoms with Gasteiger partial charge in [-0.1, -0.05) is 0 Å². The predicted molar refractivity (Wildman–Crippen MR) is 73.7 cm³/mol. The van der Waals surface area contributed by atoms with Crippen LogP contribution in [-0.4, -0.2) is 34.3 Å². The van der Waals surface area contributed by atoms with Crippen LogP contribution in [0.1, 0.15) is 37.0 Å². The van der Waals surface area contributed by atoms with E-state index in [1.54, 1.807) is 0 Å². The van der Waals surface area contributed by atoms with Crippen molar-refractivity contribution in [2.45, 2.75) is 38.4 Å². The van der Waals surface area contributed by atoms with Gasteiger partial charge in [0.15, 0.2) is 5.75 Å². The Kier molecular flexibility index (Phi) is 4.13. The van der Waals surface area contributed by atoms with Crippen LogP contribution in [0.5, 0.6) is 5.75 Å². The first kappa shape index (κ1) is 15.2. The van der Waals surface area contributed by atoms with Gasteiger partial charge in [0.05, 0.1) is 22.2 Å². The molecule has 21 heavy (non-hydrogen) atoms. The Balaban J connectivity index is 2.09. The van der Waals surface area contributed by atoms with Crippen LogP contribution in [0.4, 0.5) is 5.69 Å². The average molecular weight is 295 g/mol. The highest BCUT2D eigenvalue weighted by Gasteiger charge is 2.32. The Morgan fingerprint density at radius 1 is 1.57 bits per heavy atom. The summed E-state index contributed by atoms with van der Waals surface area (Å²) in [6, 6.07) is 3.59. The molecule has 0 bridgehead atoms. The van der Waals surface area contributed by atoms with E-state index in [-0.39, 0.29) is 35.3 Å². The van der Waals surface area contributed by atoms with Gasteiger partial charge in [0.25, 0.3) is 0 Å². The second kappa shape index (κ2) is 5.69. The third kappa shape index (κ3) is 3.69. The summed E-state index contributed by atoms with van der Waals surface area (Å²) in [5.74, 6) is -1.16. The molecule has 1 aliphatic heterocycles. The van der Waals surface area contributed by atoms with Crippen LogP contribution in [0.15, 0.2) is 18.2 Å². The predicted octanol–water partition coefficient (Wildman–Crippen LogP) is 2.63. The molecule has 1 atom stereocenters. The van der Waals surface area contributed by atoms with E-state index in [0.29, 0.717) is 0 Å². The summed E-state index contributed by atoms with van der Waals surface area (Å²) in [6.45, 7) is 4.17. The van der Waals surface area contributed by atoms with E-state index in [1.165, 1.54) is 12.1 Å². The van der Waals surface area contributed by atoms with E-state index in [4.69, 9.17) is 14.6 Å². The van der Waals surface area contributed by atoms with Crippen LogP contribution in [0.2, 0.25) is 0 Å². The van der Waals surface area contributed by atoms with Gasteiger partial charge < -0.3 is 14.6 Å². The first-order chi connectivity index (χ1) is 9.78. The van der Waals surface area contributed by atoms with Crippen molar-refractivity contribution >= 4 is 11.7 Å². The number of carboxylic acids is 1. The van der Waals surface area contributed by atoms with Gasteiger partial charge in [-0.3, -0.25) is 10.1 Å². The van der Waals surface area contributed by atoms with Crippen molar-refractivity contribution in [2.24, 2.45) is 0 Å². The minimum Gasteiger partial charge on any atom is -0.484 e. The largest absolute Gasteiger partial charge is 0.484 e. The summed E-state index contributed by atoms with van der Waals surface area (Å²) in [7, 11) is 0. The van der Waals surface area contributed by atoms with Crippen molar-refractivity contribution in [3.63, 3.8) is 0 Å². The summed E-state index contributed by atoms with van der Waals surface area (Å²) < 4.78 is 11.2. The van der Waals surface area contributed by atoms with E-state index < -0.39 is 10.9 Å². The van der Waals surface area contributed by atoms with E-state index >= 15 is 0 Å². The number of ether oxygens (including phenoxy) is 2. The third-order valence-electron chi connectivity index (χ3n) is 3.38. The van der Waals surface area contributed by atoms with Gasteiger partial charge >= 0.3 is 11.7 Å². The van der Waals surface area contributed by atoms with Crippen LogP contribution in [0.25, 0.3) is 0 Å². The topological polar surface area (TPSA) is 98.9 Å². The fourth-order valence-corrected chi connectivity index (χ4v) is 2.29. The van der Waals surface area contributed by atoms with Crippen LogP contribution in [-0.2, 0) is 4.74 Å². The number of carbonyl (C=O) groups is 1. The Morgan fingerprint density at radius 3 is 2.81 bits per heavy atom. The van der Waals surface area contributed by atoms with Crippen molar-refractivity contribution in [2.75, 3.05) is 6.61 Å². The molecule has 1 aromatic carbocycles. The second-order valence-electron chi connectivity index (χ2n) is 5.59. The fourth-order valence-electron chi connectivity index (χ4n) is 2.29. The molecule has 1 fully saturated rings. The molecule has 1 heterocycles. The van der Waals surface area contributed by atoms with Crippen LogP contribution in [0.3, 0.4) is 0 Å². The molecule has 1 aliphatic rings. The zero-order valence-electron chi connectivity index (χ0n) is 11.9. The summed E-state index contributed by atoms with van der Waals surface area (Å²) in [5.41, 5.74) is -0.702. The maximum Gasteiger partial charge on any atom is 0.335 e. The zero-order chi connectivity index (χ0) is 15.6. The highest BCUT2D eigenvalue weighted by molar-refractivity contribution is 5.88. The Bertz CT molecular complexity index is 569. The normalized spacial score (nSPS) is 20.2. The first-order valence-corrected chi connectivity index (χ1v) is 6.61. The van der Waals surface area contributed by atoms with Gasteiger partial charge in [-0.2, -0.15) is 0 Å². The molecule has 0 saturated carbocycles. The molecule has 1 aromatic rings. The van der Waals surface area contributed by atoms with Crippen molar-refractivity contribution in [1.29, 1.82) is 0 Å². The van der Waals surface area contributed by atoms with Gasteiger partial charge in [0, 0.05) is 6.07 Å². The number of benzene rings is 1. The molecule has 2 rings (SSSR count). The molecule has 114 valence electrons. The summed E-state index contributed by atoms with van der Waals surface area (Å²) in [5, 5.41) is 19.9. The summed E-state index contributed by atoms with van der Waals surface area (Å²) in [4.78, 5) is 21.2. The first-order valence-electron chi connectivity index (χ1n) is 6.61. The van der Waals surface area contributed by atoms with E-state index in [9.17, 15) is 14.9 Å². The number of nitro benzene ring substituents is 1. The Hall–Kier alpha value is -2.15. The van der Waals surface area contributed by atoms with Gasteiger partial charge in [0.2, 0.25) is 0 Å². The zero-order valence-corrected chi connectivity index (χ0v) is 11.9. The minimum atomic E-state index is -1.22. The Morgan fingerprint density at radius 2 is 2.29 bits per heavy atom. The molecule has 0 aliphatic carbocycles. The van der Waals surface area contributed by atoms with Crippen LogP contribution in [0, 0.1) is 10.1 Å². The molecule has 1 saturated heterocycles. The van der Waals surface area contributed by atoms with Crippen LogP contribution < -0.4 is 4.74 Å². The van der Waals surface area contributed by atoms with Crippen molar-refractivity contribution in [3.8, 4) is 5.75 Å². The minimum absolute atomic E-state index is 0.0540. The number of hydrogen-bond acceptors (Lipinski definition) is 5. The molecular weight excluding hydrogens is 278 g/mol. The summed E-state index contributed by atoms with van der Waals surface area (Å²) >= 11 is 0. The van der Waals surface area contributed by atoms with Gasteiger partial charge in [-0.15, -0.1) is 0 Å².